The van der Waals surface area contributed by atoms with E-state index in [1.807, 2.05) is 30.4 Å². The Morgan fingerprint density at radius 2 is 2.20 bits per heavy atom. The molecule has 0 saturated carbocycles. The number of nitrogens with zero attached hydrogens (tertiary/aromatic N) is 6. The summed E-state index contributed by atoms with van der Waals surface area (Å²) < 4.78 is 2.15. The average Bonchev–Trinajstić information content (AvgIpc) is 2.95. The maximum Gasteiger partial charge on any atom is 0.227 e. The predicted octanol–water partition coefficient (Wildman–Crippen LogP) is 0.122. The fourth-order valence-corrected chi connectivity index (χ4v) is 2.31. The van der Waals surface area contributed by atoms with Crippen LogP contribution in [0.3, 0.4) is 0 Å². The van der Waals surface area contributed by atoms with E-state index in [0.29, 0.717) is 12.5 Å². The van der Waals surface area contributed by atoms with Gasteiger partial charge in [-0.05, 0) is 6.07 Å². The van der Waals surface area contributed by atoms with Gasteiger partial charge in [-0.15, -0.1) is 0 Å². The monoisotopic (exact) mass is 274 g/mol. The van der Waals surface area contributed by atoms with Gasteiger partial charge in [-0.25, -0.2) is 9.97 Å². The third-order valence-corrected chi connectivity index (χ3v) is 3.48. The summed E-state index contributed by atoms with van der Waals surface area (Å²) >= 11 is 0. The smallest absolute Gasteiger partial charge is 0.227 e. The fraction of sp³-hybridized carbons (Fsp3) is 0.462. The van der Waals surface area contributed by atoms with Gasteiger partial charge in [0.2, 0.25) is 5.95 Å². The van der Waals surface area contributed by atoms with E-state index in [0.717, 1.165) is 31.3 Å². The molecular weight excluding hydrogens is 256 g/mol. The lowest BCUT2D eigenvalue weighted by Crippen LogP contribution is -2.35. The summed E-state index contributed by atoms with van der Waals surface area (Å²) in [6.45, 7) is 3.16. The number of aliphatic hydroxyl groups excluding tert-OH is 1. The molecule has 3 heterocycles. The molecular formula is C13H18N6O. The molecule has 0 unspecified atom stereocenters. The lowest BCUT2D eigenvalue weighted by atomic mass is 10.3. The van der Waals surface area contributed by atoms with Crippen LogP contribution in [0.2, 0.25) is 0 Å². The molecule has 2 aromatic rings. The zero-order valence-electron chi connectivity index (χ0n) is 11.5. The van der Waals surface area contributed by atoms with E-state index in [-0.39, 0.29) is 6.61 Å². The van der Waals surface area contributed by atoms with Crippen LogP contribution in [0.25, 0.3) is 0 Å². The number of fused-ring (bicyclic) bond motifs is 1. The summed E-state index contributed by atoms with van der Waals surface area (Å²) in [6, 6.07) is 1.85. The minimum Gasteiger partial charge on any atom is -0.395 e. The van der Waals surface area contributed by atoms with Crippen LogP contribution >= 0.6 is 0 Å². The summed E-state index contributed by atoms with van der Waals surface area (Å²) in [5.41, 5.74) is 0. The van der Waals surface area contributed by atoms with Crippen LogP contribution in [0.15, 0.2) is 24.7 Å². The Morgan fingerprint density at radius 1 is 1.30 bits per heavy atom. The molecule has 1 aliphatic heterocycles. The van der Waals surface area contributed by atoms with Crippen molar-refractivity contribution in [2.75, 3.05) is 36.5 Å². The third-order valence-electron chi connectivity index (χ3n) is 3.48. The first-order chi connectivity index (χ1) is 9.78. The standard InChI is InChI=1S/C13H18N6O/c1-17(8-9-20)11-2-3-15-13(16-11)19-7-6-18-5-4-14-12(18)10-19/h2-5,20H,6-10H2,1H3. The lowest BCUT2D eigenvalue weighted by Gasteiger charge is -2.28. The van der Waals surface area contributed by atoms with E-state index in [2.05, 4.69) is 24.4 Å². The van der Waals surface area contributed by atoms with E-state index >= 15 is 0 Å². The second-order valence-corrected chi connectivity index (χ2v) is 4.82. The third kappa shape index (κ3) is 2.44. The van der Waals surface area contributed by atoms with Crippen LogP contribution in [0.5, 0.6) is 0 Å². The molecule has 0 fully saturated rings. The number of likely N-dealkylation sites (N-methyl/N-ethyl adjacent to an activating group) is 1. The molecule has 3 rings (SSSR count). The van der Waals surface area contributed by atoms with Crippen LogP contribution < -0.4 is 9.80 Å². The van der Waals surface area contributed by atoms with Gasteiger partial charge in [0, 0.05) is 45.3 Å². The number of aliphatic hydroxyl groups is 1. The van der Waals surface area contributed by atoms with E-state index in [4.69, 9.17) is 5.11 Å². The highest BCUT2D eigenvalue weighted by atomic mass is 16.3. The first-order valence-electron chi connectivity index (χ1n) is 6.68. The highest BCUT2D eigenvalue weighted by Gasteiger charge is 2.19. The Hall–Kier alpha value is -2.15. The minimum absolute atomic E-state index is 0.108. The predicted molar refractivity (Wildman–Crippen MR) is 75.7 cm³/mol. The molecule has 1 N–H and O–H groups in total. The quantitative estimate of drug-likeness (QED) is 0.854. The largest absolute Gasteiger partial charge is 0.395 e. The summed E-state index contributed by atoms with van der Waals surface area (Å²) in [6.07, 6.45) is 5.58. The zero-order chi connectivity index (χ0) is 13.9. The number of anilines is 2. The Bertz CT molecular complexity index is 584. The second-order valence-electron chi connectivity index (χ2n) is 4.82. The molecule has 2 aromatic heterocycles. The van der Waals surface area contributed by atoms with Crippen molar-refractivity contribution in [2.45, 2.75) is 13.1 Å². The van der Waals surface area contributed by atoms with Gasteiger partial charge in [0.15, 0.2) is 0 Å². The van der Waals surface area contributed by atoms with Crippen molar-refractivity contribution in [3.05, 3.63) is 30.5 Å². The first kappa shape index (κ1) is 12.9. The van der Waals surface area contributed by atoms with Gasteiger partial charge in [-0.3, -0.25) is 0 Å². The molecule has 0 bridgehead atoms. The summed E-state index contributed by atoms with van der Waals surface area (Å²) in [4.78, 5) is 17.3. The number of hydrogen-bond acceptors (Lipinski definition) is 6. The zero-order valence-corrected chi connectivity index (χ0v) is 11.5. The van der Waals surface area contributed by atoms with Crippen molar-refractivity contribution in [3.63, 3.8) is 0 Å². The topological polar surface area (TPSA) is 70.3 Å². The van der Waals surface area contributed by atoms with Gasteiger partial charge in [0.1, 0.15) is 11.6 Å². The molecule has 0 spiro atoms. The van der Waals surface area contributed by atoms with Crippen molar-refractivity contribution >= 4 is 11.8 Å². The van der Waals surface area contributed by atoms with Gasteiger partial charge in [-0.2, -0.15) is 4.98 Å². The Labute approximate surface area is 117 Å². The van der Waals surface area contributed by atoms with Crippen molar-refractivity contribution in [1.29, 1.82) is 0 Å². The van der Waals surface area contributed by atoms with Gasteiger partial charge in [-0.1, -0.05) is 0 Å². The van der Waals surface area contributed by atoms with Gasteiger partial charge in [0.05, 0.1) is 13.2 Å². The molecule has 7 heteroatoms. The average molecular weight is 274 g/mol. The number of aromatic nitrogens is 4. The molecule has 106 valence electrons. The minimum atomic E-state index is 0.108. The van der Waals surface area contributed by atoms with E-state index in [9.17, 15) is 0 Å². The van der Waals surface area contributed by atoms with Crippen molar-refractivity contribution in [2.24, 2.45) is 0 Å². The Balaban J connectivity index is 1.79. The van der Waals surface area contributed by atoms with Crippen LogP contribution in [0, 0.1) is 0 Å². The van der Waals surface area contributed by atoms with Crippen molar-refractivity contribution in [1.82, 2.24) is 19.5 Å². The summed E-state index contributed by atoms with van der Waals surface area (Å²) in [5.74, 6) is 2.56. The number of imidazole rings is 1. The first-order valence-corrected chi connectivity index (χ1v) is 6.68. The summed E-state index contributed by atoms with van der Waals surface area (Å²) in [5, 5.41) is 9.00. The normalized spacial score (nSPS) is 14.2. The lowest BCUT2D eigenvalue weighted by molar-refractivity contribution is 0.304. The highest BCUT2D eigenvalue weighted by Crippen LogP contribution is 2.18. The Morgan fingerprint density at radius 3 is 3.05 bits per heavy atom. The van der Waals surface area contributed by atoms with Crippen molar-refractivity contribution < 1.29 is 5.11 Å². The van der Waals surface area contributed by atoms with Crippen molar-refractivity contribution in [3.8, 4) is 0 Å². The molecule has 0 amide bonds. The van der Waals surface area contributed by atoms with E-state index in [1.54, 1.807) is 6.20 Å². The SMILES string of the molecule is CN(CCO)c1ccnc(N2CCn3ccnc3C2)n1. The molecule has 20 heavy (non-hydrogen) atoms. The molecule has 1 aliphatic rings. The van der Waals surface area contributed by atoms with Crippen LogP contribution in [-0.4, -0.2) is 51.4 Å². The number of rotatable bonds is 4. The number of hydrogen-bond donors (Lipinski definition) is 1. The van der Waals surface area contributed by atoms with E-state index in [1.165, 1.54) is 0 Å². The highest BCUT2D eigenvalue weighted by molar-refractivity contribution is 5.43. The van der Waals surface area contributed by atoms with Crippen LogP contribution in [0.4, 0.5) is 11.8 Å². The fourth-order valence-electron chi connectivity index (χ4n) is 2.31. The van der Waals surface area contributed by atoms with E-state index < -0.39 is 0 Å². The molecule has 0 aliphatic carbocycles. The molecule has 0 aromatic carbocycles. The van der Waals surface area contributed by atoms with Gasteiger partial charge < -0.3 is 19.5 Å². The van der Waals surface area contributed by atoms with Crippen LogP contribution in [0.1, 0.15) is 5.82 Å². The molecule has 7 nitrogen and oxygen atoms in total. The molecule has 0 atom stereocenters. The molecule has 0 radical (unpaired) electrons. The van der Waals surface area contributed by atoms with Gasteiger partial charge >= 0.3 is 0 Å². The molecule has 0 saturated heterocycles. The maximum atomic E-state index is 9.00. The summed E-state index contributed by atoms with van der Waals surface area (Å²) in [7, 11) is 1.91. The van der Waals surface area contributed by atoms with Crippen LogP contribution in [-0.2, 0) is 13.1 Å². The maximum absolute atomic E-state index is 9.00. The second kappa shape index (κ2) is 5.46. The van der Waals surface area contributed by atoms with Gasteiger partial charge in [0.25, 0.3) is 0 Å². The Kier molecular flexibility index (Phi) is 3.51.